The Labute approximate surface area is 240 Å². The number of benzene rings is 1. The van der Waals surface area contributed by atoms with Gasteiger partial charge in [-0.05, 0) is 69.8 Å². The second-order valence-electron chi connectivity index (χ2n) is 12.1. The predicted molar refractivity (Wildman–Crippen MR) is 150 cm³/mol. The maximum Gasteiger partial charge on any atom is 0.319 e. The number of carbonyl (C=O) groups is 2. The summed E-state index contributed by atoms with van der Waals surface area (Å²) in [5, 5.41) is 13.9. The second kappa shape index (κ2) is 9.12. The van der Waals surface area contributed by atoms with Crippen molar-refractivity contribution in [1.82, 2.24) is 40.6 Å². The number of H-pyrrole nitrogens is 1. The third kappa shape index (κ3) is 3.65. The van der Waals surface area contributed by atoms with Gasteiger partial charge in [-0.2, -0.15) is 25.4 Å². The first-order valence-corrected chi connectivity index (χ1v) is 14.5. The SMILES string of the molecule is Cc1cc2n[nH]nc2c(-c2ncc3c(N4CC5C(=O)NC(=O)C5C4)nc(OCC45CCCN4CCC5)nc3c2F)c1C. The lowest BCUT2D eigenvalue weighted by Gasteiger charge is -2.31. The number of hydrogen-bond acceptors (Lipinski definition) is 10. The first-order chi connectivity index (χ1) is 20.3. The number of amides is 2. The van der Waals surface area contributed by atoms with Crippen LogP contribution in [0.3, 0.4) is 0 Å². The standard InChI is InChI=1S/C29H30FN9O3/c1-14-9-19-23(36-37-35-19)20(15(14)2)24-21(30)22-16(10-31-24)25(38-11-17-18(12-38)27(41)34-26(17)40)33-28(32-22)42-13-29-5-3-7-39(29)8-4-6-29/h9-10,17-18H,3-8,11-13H2,1-2H3,(H,34,40,41)(H,35,36,37). The molecule has 4 saturated heterocycles. The minimum atomic E-state index is -0.617. The van der Waals surface area contributed by atoms with Gasteiger partial charge >= 0.3 is 6.01 Å². The molecular weight excluding hydrogens is 541 g/mol. The lowest BCUT2D eigenvalue weighted by molar-refractivity contribution is -0.126. The zero-order valence-electron chi connectivity index (χ0n) is 23.4. The number of hydrogen-bond donors (Lipinski definition) is 2. The average Bonchev–Trinajstić information content (AvgIpc) is 3.78. The van der Waals surface area contributed by atoms with E-state index < -0.39 is 17.7 Å². The topological polar surface area (TPSA) is 142 Å². The molecule has 0 aliphatic carbocycles. The van der Waals surface area contributed by atoms with Crippen molar-refractivity contribution in [3.63, 3.8) is 0 Å². The summed E-state index contributed by atoms with van der Waals surface area (Å²) in [6, 6.07) is 1.97. The fourth-order valence-electron chi connectivity index (χ4n) is 7.48. The van der Waals surface area contributed by atoms with Crippen LogP contribution in [0.5, 0.6) is 6.01 Å². The molecule has 42 heavy (non-hydrogen) atoms. The molecule has 4 aromatic rings. The summed E-state index contributed by atoms with van der Waals surface area (Å²) in [6.07, 6.45) is 5.89. The fourth-order valence-corrected chi connectivity index (χ4v) is 7.48. The Hall–Kier alpha value is -4.26. The van der Waals surface area contributed by atoms with Gasteiger partial charge in [0.05, 0.1) is 22.8 Å². The van der Waals surface area contributed by atoms with Crippen molar-refractivity contribution in [1.29, 1.82) is 0 Å². The maximum atomic E-state index is 16.6. The van der Waals surface area contributed by atoms with E-state index in [0.717, 1.165) is 49.9 Å². The Morgan fingerprint density at radius 2 is 1.79 bits per heavy atom. The number of aromatic amines is 1. The molecule has 8 rings (SSSR count). The number of nitrogens with one attached hydrogen (secondary N) is 2. The van der Waals surface area contributed by atoms with Crippen molar-refractivity contribution in [3.05, 3.63) is 29.2 Å². The Morgan fingerprint density at radius 3 is 2.52 bits per heavy atom. The summed E-state index contributed by atoms with van der Waals surface area (Å²) in [4.78, 5) is 43.1. The smallest absolute Gasteiger partial charge is 0.319 e. The average molecular weight is 572 g/mol. The zero-order chi connectivity index (χ0) is 28.7. The highest BCUT2D eigenvalue weighted by Gasteiger charge is 2.49. The highest BCUT2D eigenvalue weighted by molar-refractivity contribution is 6.06. The zero-order valence-corrected chi connectivity index (χ0v) is 23.4. The van der Waals surface area contributed by atoms with E-state index in [2.05, 4.69) is 35.6 Å². The van der Waals surface area contributed by atoms with Crippen LogP contribution in [-0.4, -0.2) is 85.4 Å². The minimum absolute atomic E-state index is 0.0488. The summed E-state index contributed by atoms with van der Waals surface area (Å²) >= 11 is 0. The van der Waals surface area contributed by atoms with Crippen molar-refractivity contribution in [2.75, 3.05) is 37.7 Å². The van der Waals surface area contributed by atoms with E-state index in [0.29, 0.717) is 34.4 Å². The molecule has 7 heterocycles. The van der Waals surface area contributed by atoms with Gasteiger partial charge in [0.25, 0.3) is 0 Å². The minimum Gasteiger partial charge on any atom is -0.461 e. The Balaban J connectivity index is 1.26. The van der Waals surface area contributed by atoms with Crippen LogP contribution in [0.1, 0.15) is 36.8 Å². The number of fused-ring (bicyclic) bond motifs is 4. The van der Waals surface area contributed by atoms with Crippen molar-refractivity contribution in [3.8, 4) is 17.3 Å². The van der Waals surface area contributed by atoms with Gasteiger partial charge in [-0.15, -0.1) is 0 Å². The van der Waals surface area contributed by atoms with Gasteiger partial charge < -0.3 is 9.64 Å². The number of pyridine rings is 1. The number of imide groups is 1. The van der Waals surface area contributed by atoms with Crippen LogP contribution >= 0.6 is 0 Å². The first kappa shape index (κ1) is 25.5. The van der Waals surface area contributed by atoms with Crippen molar-refractivity contribution in [2.24, 2.45) is 11.8 Å². The van der Waals surface area contributed by atoms with Crippen molar-refractivity contribution >= 4 is 39.6 Å². The van der Waals surface area contributed by atoms with Gasteiger partial charge in [-0.1, -0.05) is 0 Å². The first-order valence-electron chi connectivity index (χ1n) is 14.5. The molecule has 0 bridgehead atoms. The van der Waals surface area contributed by atoms with Gasteiger partial charge in [0.2, 0.25) is 11.8 Å². The Morgan fingerprint density at radius 1 is 1.05 bits per heavy atom. The number of rotatable bonds is 5. The second-order valence-corrected chi connectivity index (χ2v) is 12.1. The highest BCUT2D eigenvalue weighted by atomic mass is 19.1. The molecule has 2 amide bonds. The Bertz CT molecular complexity index is 1770. The molecule has 0 radical (unpaired) electrons. The summed E-state index contributed by atoms with van der Waals surface area (Å²) < 4.78 is 22.9. The Kier molecular flexibility index (Phi) is 5.53. The molecule has 2 N–H and O–H groups in total. The van der Waals surface area contributed by atoms with E-state index in [1.807, 2.05) is 24.8 Å². The quantitative estimate of drug-likeness (QED) is 0.343. The molecule has 13 heteroatoms. The highest BCUT2D eigenvalue weighted by Crippen LogP contribution is 2.41. The molecule has 12 nitrogen and oxygen atoms in total. The molecular formula is C29H30FN9O3. The maximum absolute atomic E-state index is 16.6. The van der Waals surface area contributed by atoms with Gasteiger partial charge in [-0.25, -0.2) is 4.39 Å². The molecule has 1 aromatic carbocycles. The van der Waals surface area contributed by atoms with E-state index in [1.54, 1.807) is 6.20 Å². The van der Waals surface area contributed by atoms with E-state index in [-0.39, 0.29) is 47.7 Å². The van der Waals surface area contributed by atoms with Crippen molar-refractivity contribution in [2.45, 2.75) is 45.1 Å². The molecule has 216 valence electrons. The number of halogens is 1. The molecule has 2 unspecified atom stereocenters. The number of anilines is 1. The number of ether oxygens (including phenoxy) is 1. The van der Waals surface area contributed by atoms with Crippen LogP contribution in [0.15, 0.2) is 12.3 Å². The van der Waals surface area contributed by atoms with Gasteiger partial charge in [0, 0.05) is 24.8 Å². The molecule has 0 saturated carbocycles. The third-order valence-electron chi connectivity index (χ3n) is 9.83. The van der Waals surface area contributed by atoms with Crippen LogP contribution in [0.25, 0.3) is 33.2 Å². The molecule has 4 aliphatic rings. The molecule has 0 spiro atoms. The lowest BCUT2D eigenvalue weighted by atomic mass is 9.95. The number of nitrogens with zero attached hydrogens (tertiary/aromatic N) is 7. The van der Waals surface area contributed by atoms with Crippen LogP contribution in [0, 0.1) is 31.5 Å². The summed E-state index contributed by atoms with van der Waals surface area (Å²) in [6.45, 7) is 6.93. The fraction of sp³-hybridized carbons (Fsp3) is 0.483. The van der Waals surface area contributed by atoms with Gasteiger partial charge in [0.15, 0.2) is 5.82 Å². The number of aryl methyl sites for hydroxylation is 1. The number of aromatic nitrogens is 6. The third-order valence-corrected chi connectivity index (χ3v) is 9.83. The summed E-state index contributed by atoms with van der Waals surface area (Å²) in [5.74, 6) is -1.76. The van der Waals surface area contributed by atoms with E-state index in [1.165, 1.54) is 0 Å². The molecule has 4 aliphatic heterocycles. The van der Waals surface area contributed by atoms with Gasteiger partial charge in [-0.3, -0.25) is 24.8 Å². The molecule has 3 aromatic heterocycles. The van der Waals surface area contributed by atoms with Crippen LogP contribution in [0.2, 0.25) is 0 Å². The van der Waals surface area contributed by atoms with E-state index in [9.17, 15) is 9.59 Å². The van der Waals surface area contributed by atoms with Crippen LogP contribution in [0.4, 0.5) is 10.2 Å². The monoisotopic (exact) mass is 571 g/mol. The van der Waals surface area contributed by atoms with Gasteiger partial charge in [0.1, 0.15) is 34.7 Å². The van der Waals surface area contributed by atoms with Crippen LogP contribution in [-0.2, 0) is 9.59 Å². The van der Waals surface area contributed by atoms with E-state index in [4.69, 9.17) is 9.72 Å². The molecule has 4 fully saturated rings. The largest absolute Gasteiger partial charge is 0.461 e. The lowest BCUT2D eigenvalue weighted by Crippen LogP contribution is -2.43. The summed E-state index contributed by atoms with van der Waals surface area (Å²) in [5.41, 5.74) is 3.59. The molecule has 2 atom stereocenters. The summed E-state index contributed by atoms with van der Waals surface area (Å²) in [7, 11) is 0. The van der Waals surface area contributed by atoms with Crippen molar-refractivity contribution < 1.29 is 18.7 Å². The van der Waals surface area contributed by atoms with Crippen LogP contribution < -0.4 is 15.0 Å². The number of carbonyl (C=O) groups excluding carboxylic acids is 2. The van der Waals surface area contributed by atoms with E-state index >= 15 is 4.39 Å². The predicted octanol–water partition coefficient (Wildman–Crippen LogP) is 2.44. The normalized spacial score (nSPS) is 23.3.